The van der Waals surface area contributed by atoms with Crippen LogP contribution in [-0.2, 0) is 4.74 Å². The van der Waals surface area contributed by atoms with Crippen LogP contribution in [0.15, 0.2) is 15.9 Å². The standard InChI is InChI=1S/C12H18BrNOS/c1-9(12-7-10(13)8-16-12)14-5-4-11-3-2-6-15-11/h7-9,11,14H,2-6H2,1H3. The van der Waals surface area contributed by atoms with Crippen LogP contribution in [0.1, 0.15) is 37.1 Å². The van der Waals surface area contributed by atoms with E-state index >= 15 is 0 Å². The Morgan fingerprint density at radius 2 is 2.56 bits per heavy atom. The lowest BCUT2D eigenvalue weighted by atomic mass is 10.2. The molecule has 1 N–H and O–H groups in total. The highest BCUT2D eigenvalue weighted by atomic mass is 79.9. The van der Waals surface area contributed by atoms with Crippen molar-refractivity contribution in [2.45, 2.75) is 38.3 Å². The summed E-state index contributed by atoms with van der Waals surface area (Å²) in [5.74, 6) is 0. The van der Waals surface area contributed by atoms with Crippen molar-refractivity contribution in [3.8, 4) is 0 Å². The van der Waals surface area contributed by atoms with Gasteiger partial charge < -0.3 is 10.1 Å². The molecule has 0 saturated carbocycles. The minimum absolute atomic E-state index is 0.442. The number of thiophene rings is 1. The molecule has 2 unspecified atom stereocenters. The molecule has 0 radical (unpaired) electrons. The van der Waals surface area contributed by atoms with Crippen LogP contribution in [0, 0.1) is 0 Å². The van der Waals surface area contributed by atoms with E-state index in [2.05, 4.69) is 39.6 Å². The number of ether oxygens (including phenoxy) is 1. The molecular formula is C12H18BrNOS. The van der Waals surface area contributed by atoms with Gasteiger partial charge in [0.1, 0.15) is 0 Å². The van der Waals surface area contributed by atoms with E-state index in [1.165, 1.54) is 22.2 Å². The summed E-state index contributed by atoms with van der Waals surface area (Å²) in [5.41, 5.74) is 0. The largest absolute Gasteiger partial charge is 0.378 e. The fraction of sp³-hybridized carbons (Fsp3) is 0.667. The summed E-state index contributed by atoms with van der Waals surface area (Å²) in [6, 6.07) is 2.63. The van der Waals surface area contributed by atoms with Crippen molar-refractivity contribution in [1.29, 1.82) is 0 Å². The number of nitrogens with one attached hydrogen (secondary N) is 1. The molecule has 1 saturated heterocycles. The van der Waals surface area contributed by atoms with E-state index in [0.717, 1.165) is 19.6 Å². The van der Waals surface area contributed by atoms with E-state index in [4.69, 9.17) is 4.74 Å². The Bertz CT molecular complexity index is 323. The molecule has 90 valence electrons. The number of hydrogen-bond acceptors (Lipinski definition) is 3. The van der Waals surface area contributed by atoms with E-state index < -0.39 is 0 Å². The molecule has 0 bridgehead atoms. The molecule has 2 rings (SSSR count). The van der Waals surface area contributed by atoms with Crippen molar-refractivity contribution >= 4 is 27.3 Å². The lowest BCUT2D eigenvalue weighted by molar-refractivity contribution is 0.103. The highest BCUT2D eigenvalue weighted by molar-refractivity contribution is 9.10. The third-order valence-electron chi connectivity index (χ3n) is 2.96. The second kappa shape index (κ2) is 6.15. The Labute approximate surface area is 110 Å². The quantitative estimate of drug-likeness (QED) is 0.895. The van der Waals surface area contributed by atoms with Crippen LogP contribution in [0.3, 0.4) is 0 Å². The molecular weight excluding hydrogens is 286 g/mol. The first-order valence-corrected chi connectivity index (χ1v) is 7.52. The van der Waals surface area contributed by atoms with Gasteiger partial charge in [-0.3, -0.25) is 0 Å². The van der Waals surface area contributed by atoms with Crippen molar-refractivity contribution in [2.75, 3.05) is 13.2 Å². The SMILES string of the molecule is CC(NCCC1CCCO1)c1cc(Br)cs1. The lowest BCUT2D eigenvalue weighted by Gasteiger charge is -2.14. The van der Waals surface area contributed by atoms with Crippen molar-refractivity contribution < 1.29 is 4.74 Å². The molecule has 2 nitrogen and oxygen atoms in total. The maximum atomic E-state index is 5.60. The van der Waals surface area contributed by atoms with Gasteiger partial charge in [-0.05, 0) is 54.7 Å². The van der Waals surface area contributed by atoms with Crippen LogP contribution < -0.4 is 5.32 Å². The van der Waals surface area contributed by atoms with Crippen LogP contribution in [-0.4, -0.2) is 19.3 Å². The first kappa shape index (κ1) is 12.6. The van der Waals surface area contributed by atoms with Crippen molar-refractivity contribution in [1.82, 2.24) is 5.32 Å². The molecule has 2 heterocycles. The average molecular weight is 304 g/mol. The Hall–Kier alpha value is 0.1000. The summed E-state index contributed by atoms with van der Waals surface area (Å²) in [7, 11) is 0. The normalized spacial score (nSPS) is 22.5. The van der Waals surface area contributed by atoms with Crippen molar-refractivity contribution in [3.05, 3.63) is 20.8 Å². The molecule has 1 aromatic heterocycles. The van der Waals surface area contributed by atoms with Gasteiger partial charge in [0, 0.05) is 27.4 Å². The summed E-state index contributed by atoms with van der Waals surface area (Å²) in [5, 5.41) is 5.68. The van der Waals surface area contributed by atoms with Gasteiger partial charge in [0.15, 0.2) is 0 Å². The molecule has 1 aromatic rings. The highest BCUT2D eigenvalue weighted by Crippen LogP contribution is 2.25. The molecule has 0 amide bonds. The van der Waals surface area contributed by atoms with E-state index in [9.17, 15) is 0 Å². The topological polar surface area (TPSA) is 21.3 Å². The number of halogens is 1. The van der Waals surface area contributed by atoms with Gasteiger partial charge in [-0.25, -0.2) is 0 Å². The third-order valence-corrected chi connectivity index (χ3v) is 4.83. The van der Waals surface area contributed by atoms with E-state index in [0.29, 0.717) is 12.1 Å². The summed E-state index contributed by atoms with van der Waals surface area (Å²) in [6.45, 7) is 4.22. The van der Waals surface area contributed by atoms with E-state index in [1.54, 1.807) is 11.3 Å². The summed E-state index contributed by atoms with van der Waals surface area (Å²) >= 11 is 5.28. The second-order valence-electron chi connectivity index (χ2n) is 4.27. The highest BCUT2D eigenvalue weighted by Gasteiger charge is 2.15. The van der Waals surface area contributed by atoms with Crippen LogP contribution in [0.25, 0.3) is 0 Å². The van der Waals surface area contributed by atoms with Crippen LogP contribution in [0.4, 0.5) is 0 Å². The van der Waals surface area contributed by atoms with Crippen molar-refractivity contribution in [3.63, 3.8) is 0 Å². The molecule has 2 atom stereocenters. The van der Waals surface area contributed by atoms with Gasteiger partial charge in [0.05, 0.1) is 6.10 Å². The summed E-state index contributed by atoms with van der Waals surface area (Å²) in [4.78, 5) is 1.39. The maximum Gasteiger partial charge on any atom is 0.0588 e. The Morgan fingerprint density at radius 1 is 1.69 bits per heavy atom. The predicted octanol–water partition coefficient (Wildman–Crippen LogP) is 3.73. The molecule has 1 fully saturated rings. The van der Waals surface area contributed by atoms with Gasteiger partial charge in [0.25, 0.3) is 0 Å². The Kier molecular flexibility index (Phi) is 4.82. The predicted molar refractivity (Wildman–Crippen MR) is 72.0 cm³/mol. The van der Waals surface area contributed by atoms with E-state index in [1.807, 2.05) is 0 Å². The van der Waals surface area contributed by atoms with Gasteiger partial charge in [-0.15, -0.1) is 11.3 Å². The monoisotopic (exact) mass is 303 g/mol. The molecule has 0 aliphatic carbocycles. The van der Waals surface area contributed by atoms with Gasteiger partial charge in [-0.1, -0.05) is 0 Å². The van der Waals surface area contributed by atoms with Crippen LogP contribution in [0.5, 0.6) is 0 Å². The number of rotatable bonds is 5. The first-order chi connectivity index (χ1) is 7.75. The van der Waals surface area contributed by atoms with Gasteiger partial charge in [0.2, 0.25) is 0 Å². The van der Waals surface area contributed by atoms with Gasteiger partial charge >= 0.3 is 0 Å². The Balaban J connectivity index is 1.69. The zero-order valence-corrected chi connectivity index (χ0v) is 11.9. The fourth-order valence-corrected chi connectivity index (χ4v) is 3.47. The zero-order chi connectivity index (χ0) is 11.4. The molecule has 4 heteroatoms. The molecule has 16 heavy (non-hydrogen) atoms. The van der Waals surface area contributed by atoms with Gasteiger partial charge in [-0.2, -0.15) is 0 Å². The minimum atomic E-state index is 0.442. The maximum absolute atomic E-state index is 5.60. The lowest BCUT2D eigenvalue weighted by Crippen LogP contribution is -2.22. The first-order valence-electron chi connectivity index (χ1n) is 5.84. The summed E-state index contributed by atoms with van der Waals surface area (Å²) in [6.07, 6.45) is 4.10. The number of hydrogen-bond donors (Lipinski definition) is 1. The van der Waals surface area contributed by atoms with Crippen LogP contribution >= 0.6 is 27.3 Å². The minimum Gasteiger partial charge on any atom is -0.378 e. The molecule has 1 aliphatic rings. The zero-order valence-electron chi connectivity index (χ0n) is 9.54. The molecule has 0 aromatic carbocycles. The van der Waals surface area contributed by atoms with Crippen LogP contribution in [0.2, 0.25) is 0 Å². The van der Waals surface area contributed by atoms with Crippen molar-refractivity contribution in [2.24, 2.45) is 0 Å². The molecule has 0 spiro atoms. The smallest absolute Gasteiger partial charge is 0.0588 e. The summed E-state index contributed by atoms with van der Waals surface area (Å²) < 4.78 is 6.78. The third kappa shape index (κ3) is 3.55. The second-order valence-corrected chi connectivity index (χ2v) is 6.13. The average Bonchev–Trinajstić information content (AvgIpc) is 2.89. The fourth-order valence-electron chi connectivity index (χ4n) is 1.99. The molecule has 1 aliphatic heterocycles. The van der Waals surface area contributed by atoms with E-state index in [-0.39, 0.29) is 0 Å². The Morgan fingerprint density at radius 3 is 3.19 bits per heavy atom.